The van der Waals surface area contributed by atoms with Gasteiger partial charge in [0, 0.05) is 37.4 Å². The molecule has 2 aliphatic heterocycles. The van der Waals surface area contributed by atoms with Crippen molar-refractivity contribution < 1.29 is 18.0 Å². The van der Waals surface area contributed by atoms with Gasteiger partial charge in [0.15, 0.2) is 0 Å². The van der Waals surface area contributed by atoms with Crippen molar-refractivity contribution in [1.82, 2.24) is 4.90 Å². The maximum Gasteiger partial charge on any atom is 0.259 e. The number of hydrogen-bond donors (Lipinski definition) is 0. The highest BCUT2D eigenvalue weighted by atomic mass is 32.2. The van der Waals surface area contributed by atoms with Gasteiger partial charge in [0.25, 0.3) is 11.8 Å². The zero-order valence-electron chi connectivity index (χ0n) is 23.1. The second-order valence-electron chi connectivity index (χ2n) is 10.6. The van der Waals surface area contributed by atoms with E-state index in [1.165, 1.54) is 33.8 Å². The number of aryl methyl sites for hydroxylation is 2. The number of hydrogen-bond acceptors (Lipinski definition) is 5. The van der Waals surface area contributed by atoms with E-state index in [2.05, 4.69) is 36.9 Å². The van der Waals surface area contributed by atoms with Crippen molar-refractivity contribution in [1.29, 1.82) is 0 Å². The first-order valence-corrected chi connectivity index (χ1v) is 15.2. The SMILES string of the molecule is Cc1ccc(C)c(N2CCN(C(=O)c3ccc4c(c3)N(Cc3ccccc3)C(=O)c3ccccc3S4(=O)=O)CC2)c1. The second kappa shape index (κ2) is 10.5. The molecule has 41 heavy (non-hydrogen) atoms. The van der Waals surface area contributed by atoms with Crippen molar-refractivity contribution in [2.24, 2.45) is 0 Å². The molecule has 208 valence electrons. The predicted molar refractivity (Wildman–Crippen MR) is 159 cm³/mol. The van der Waals surface area contributed by atoms with Crippen LogP contribution in [0, 0.1) is 13.8 Å². The Morgan fingerprint density at radius 1 is 0.756 bits per heavy atom. The molecule has 0 N–H and O–H groups in total. The summed E-state index contributed by atoms with van der Waals surface area (Å²) in [6.45, 7) is 6.82. The summed E-state index contributed by atoms with van der Waals surface area (Å²) in [5.74, 6) is -0.599. The summed E-state index contributed by atoms with van der Waals surface area (Å²) >= 11 is 0. The number of rotatable bonds is 4. The van der Waals surface area contributed by atoms with Crippen LogP contribution in [0.3, 0.4) is 0 Å². The fraction of sp³-hybridized carbons (Fsp3) is 0.212. The highest BCUT2D eigenvalue weighted by Gasteiger charge is 2.36. The first-order valence-electron chi connectivity index (χ1n) is 13.7. The van der Waals surface area contributed by atoms with Gasteiger partial charge in [-0.15, -0.1) is 0 Å². The summed E-state index contributed by atoms with van der Waals surface area (Å²) in [7, 11) is -4.00. The predicted octanol–water partition coefficient (Wildman–Crippen LogP) is 5.26. The molecule has 0 radical (unpaired) electrons. The molecule has 0 aliphatic carbocycles. The maximum absolute atomic E-state index is 13.9. The Morgan fingerprint density at radius 3 is 2.22 bits per heavy atom. The van der Waals surface area contributed by atoms with Gasteiger partial charge in [-0.2, -0.15) is 0 Å². The van der Waals surface area contributed by atoms with Gasteiger partial charge in [-0.3, -0.25) is 9.59 Å². The van der Waals surface area contributed by atoms with Gasteiger partial charge in [0.1, 0.15) is 0 Å². The highest BCUT2D eigenvalue weighted by Crippen LogP contribution is 2.38. The molecule has 4 aromatic carbocycles. The number of carbonyl (C=O) groups excluding carboxylic acids is 2. The topological polar surface area (TPSA) is 78.0 Å². The highest BCUT2D eigenvalue weighted by molar-refractivity contribution is 7.91. The van der Waals surface area contributed by atoms with Crippen LogP contribution in [0.2, 0.25) is 0 Å². The third-order valence-corrected chi connectivity index (χ3v) is 9.75. The van der Waals surface area contributed by atoms with Crippen LogP contribution >= 0.6 is 0 Å². The average molecular weight is 566 g/mol. The molecule has 4 aromatic rings. The van der Waals surface area contributed by atoms with Crippen molar-refractivity contribution in [2.45, 2.75) is 30.2 Å². The van der Waals surface area contributed by atoms with Gasteiger partial charge < -0.3 is 14.7 Å². The molecule has 0 bridgehead atoms. The van der Waals surface area contributed by atoms with Crippen LogP contribution in [0.5, 0.6) is 0 Å². The monoisotopic (exact) mass is 565 g/mol. The summed E-state index contributed by atoms with van der Waals surface area (Å²) in [6.07, 6.45) is 0. The Hall–Kier alpha value is -4.43. The Morgan fingerprint density at radius 2 is 1.46 bits per heavy atom. The molecule has 0 aromatic heterocycles. The standard InChI is InChI=1S/C33H31N3O4S/c1-23-12-13-24(2)28(20-23)34-16-18-35(19-17-34)32(37)26-14-15-31-29(21-26)36(22-25-8-4-3-5-9-25)33(38)27-10-6-7-11-30(27)41(31,39)40/h3-15,20-21H,16-19,22H2,1-2H3. The molecule has 0 atom stereocenters. The number of benzene rings is 4. The van der Waals surface area contributed by atoms with Crippen LogP contribution in [0.15, 0.2) is 101 Å². The molecule has 0 unspecified atom stereocenters. The van der Waals surface area contributed by atoms with Gasteiger partial charge in [0.2, 0.25) is 9.84 Å². The third-order valence-electron chi connectivity index (χ3n) is 7.89. The Balaban J connectivity index is 1.34. The van der Waals surface area contributed by atoms with Gasteiger partial charge >= 0.3 is 0 Å². The summed E-state index contributed by atoms with van der Waals surface area (Å²) < 4.78 is 27.6. The largest absolute Gasteiger partial charge is 0.368 e. The average Bonchev–Trinajstić information content (AvgIpc) is 3.06. The molecule has 1 saturated heterocycles. The summed E-state index contributed by atoms with van der Waals surface area (Å²) in [6, 6.07) is 26.7. The third kappa shape index (κ3) is 4.89. The number of piperazine rings is 1. The lowest BCUT2D eigenvalue weighted by atomic mass is 10.1. The summed E-state index contributed by atoms with van der Waals surface area (Å²) in [5.41, 5.74) is 5.12. The zero-order valence-corrected chi connectivity index (χ0v) is 23.9. The Bertz CT molecular complexity index is 1760. The molecule has 6 rings (SSSR count). The van der Waals surface area contributed by atoms with Crippen molar-refractivity contribution in [3.8, 4) is 0 Å². The molecule has 2 amide bonds. The molecule has 0 spiro atoms. The lowest BCUT2D eigenvalue weighted by Gasteiger charge is -2.37. The normalized spacial score (nSPS) is 16.1. The van der Waals surface area contributed by atoms with E-state index in [0.717, 1.165) is 5.56 Å². The van der Waals surface area contributed by atoms with Crippen LogP contribution in [0.25, 0.3) is 0 Å². The quantitative estimate of drug-likeness (QED) is 0.337. The number of carbonyl (C=O) groups is 2. The number of sulfone groups is 1. The van der Waals surface area contributed by atoms with E-state index < -0.39 is 15.7 Å². The lowest BCUT2D eigenvalue weighted by molar-refractivity contribution is 0.0746. The minimum atomic E-state index is -4.00. The van der Waals surface area contributed by atoms with E-state index in [4.69, 9.17) is 0 Å². The lowest BCUT2D eigenvalue weighted by Crippen LogP contribution is -2.49. The second-order valence-corrected chi connectivity index (χ2v) is 12.5. The van der Waals surface area contributed by atoms with E-state index >= 15 is 0 Å². The Kier molecular flexibility index (Phi) is 6.87. The molecule has 7 nitrogen and oxygen atoms in total. The van der Waals surface area contributed by atoms with Crippen LogP contribution in [-0.2, 0) is 16.4 Å². The molecule has 2 aliphatic rings. The van der Waals surface area contributed by atoms with E-state index in [-0.39, 0.29) is 33.5 Å². The fourth-order valence-electron chi connectivity index (χ4n) is 5.66. The van der Waals surface area contributed by atoms with Gasteiger partial charge in [-0.1, -0.05) is 54.6 Å². The molecule has 8 heteroatoms. The van der Waals surface area contributed by atoms with Crippen molar-refractivity contribution in [3.05, 3.63) is 119 Å². The fourth-order valence-corrected chi connectivity index (χ4v) is 7.29. The van der Waals surface area contributed by atoms with Crippen molar-refractivity contribution in [3.63, 3.8) is 0 Å². The van der Waals surface area contributed by atoms with E-state index in [0.29, 0.717) is 31.7 Å². The molecular formula is C33H31N3O4S. The number of nitrogens with zero attached hydrogens (tertiary/aromatic N) is 3. The smallest absolute Gasteiger partial charge is 0.259 e. The molecular weight excluding hydrogens is 534 g/mol. The van der Waals surface area contributed by atoms with Crippen molar-refractivity contribution >= 4 is 33.0 Å². The summed E-state index contributed by atoms with van der Waals surface area (Å²) in [5, 5.41) is 0. The van der Waals surface area contributed by atoms with E-state index in [1.54, 1.807) is 35.2 Å². The van der Waals surface area contributed by atoms with E-state index in [1.807, 2.05) is 30.3 Å². The minimum absolute atomic E-state index is 0.0167. The van der Waals surface area contributed by atoms with Crippen LogP contribution in [-0.4, -0.2) is 51.3 Å². The molecule has 2 heterocycles. The minimum Gasteiger partial charge on any atom is -0.368 e. The van der Waals surface area contributed by atoms with Gasteiger partial charge in [-0.25, -0.2) is 8.42 Å². The zero-order chi connectivity index (χ0) is 28.7. The van der Waals surface area contributed by atoms with Gasteiger partial charge in [0.05, 0.1) is 27.6 Å². The van der Waals surface area contributed by atoms with E-state index in [9.17, 15) is 18.0 Å². The van der Waals surface area contributed by atoms with Crippen molar-refractivity contribution in [2.75, 3.05) is 36.0 Å². The number of amides is 2. The Labute approximate surface area is 240 Å². The maximum atomic E-state index is 13.9. The summed E-state index contributed by atoms with van der Waals surface area (Å²) in [4.78, 5) is 33.1. The molecule has 1 fully saturated rings. The number of fused-ring (bicyclic) bond motifs is 2. The van der Waals surface area contributed by atoms with Gasteiger partial charge in [-0.05, 0) is 66.9 Å². The van der Waals surface area contributed by atoms with Crippen LogP contribution < -0.4 is 9.80 Å². The van der Waals surface area contributed by atoms with Crippen LogP contribution in [0.1, 0.15) is 37.4 Å². The molecule has 0 saturated carbocycles. The van der Waals surface area contributed by atoms with Crippen LogP contribution in [0.4, 0.5) is 11.4 Å². The first-order chi connectivity index (χ1) is 19.7. The number of anilines is 2. The first kappa shape index (κ1) is 26.8.